The summed E-state index contributed by atoms with van der Waals surface area (Å²) in [5, 5.41) is 15.1. The van der Waals surface area contributed by atoms with E-state index in [9.17, 15) is 0 Å². The van der Waals surface area contributed by atoms with Crippen LogP contribution in [0.3, 0.4) is 0 Å². The highest BCUT2D eigenvalue weighted by Crippen LogP contribution is 2.08. The van der Waals surface area contributed by atoms with Crippen molar-refractivity contribution in [1.29, 1.82) is 0 Å². The van der Waals surface area contributed by atoms with Crippen LogP contribution in [0.2, 0.25) is 0 Å². The van der Waals surface area contributed by atoms with E-state index in [-0.39, 0.29) is 12.4 Å². The Balaban J connectivity index is 0.00000200. The molecule has 0 aliphatic carbocycles. The quantitative estimate of drug-likeness (QED) is 0.805. The van der Waals surface area contributed by atoms with Crippen molar-refractivity contribution in [1.82, 2.24) is 25.3 Å². The van der Waals surface area contributed by atoms with Gasteiger partial charge in [-0.1, -0.05) is 0 Å². The van der Waals surface area contributed by atoms with Crippen LogP contribution in [-0.2, 0) is 13.1 Å². The SMILES string of the molecule is Cc1cc(C)n(CCCNCc2c(C)n[nH]c2C)n1.Cl. The third kappa shape index (κ3) is 4.08. The molecule has 0 saturated carbocycles. The van der Waals surface area contributed by atoms with Crippen molar-refractivity contribution >= 4 is 12.4 Å². The van der Waals surface area contributed by atoms with Crippen LogP contribution in [0.4, 0.5) is 0 Å². The second kappa shape index (κ2) is 7.45. The van der Waals surface area contributed by atoms with E-state index in [4.69, 9.17) is 0 Å². The van der Waals surface area contributed by atoms with E-state index >= 15 is 0 Å². The van der Waals surface area contributed by atoms with Gasteiger partial charge >= 0.3 is 0 Å². The van der Waals surface area contributed by atoms with Crippen LogP contribution >= 0.6 is 12.4 Å². The molecule has 0 aliphatic heterocycles. The number of aryl methyl sites for hydroxylation is 5. The van der Waals surface area contributed by atoms with Crippen molar-refractivity contribution in [3.05, 3.63) is 34.4 Å². The number of nitrogens with zero attached hydrogens (tertiary/aromatic N) is 3. The van der Waals surface area contributed by atoms with E-state index in [1.54, 1.807) is 0 Å². The van der Waals surface area contributed by atoms with Gasteiger partial charge < -0.3 is 5.32 Å². The molecular weight excluding hydrogens is 274 g/mol. The molecule has 0 saturated heterocycles. The average molecular weight is 298 g/mol. The molecule has 0 atom stereocenters. The maximum Gasteiger partial charge on any atom is 0.0638 e. The Labute approximate surface area is 126 Å². The zero-order valence-corrected chi connectivity index (χ0v) is 13.5. The number of H-pyrrole nitrogens is 1. The molecule has 0 aliphatic rings. The van der Waals surface area contributed by atoms with Crippen molar-refractivity contribution in [3.63, 3.8) is 0 Å². The Bertz CT molecular complexity index is 524. The molecule has 0 unspecified atom stereocenters. The standard InChI is InChI=1S/C14H23N5.ClH/c1-10-8-11(2)19(18-10)7-5-6-15-9-14-12(3)16-17-13(14)4;/h8,15H,5-7,9H2,1-4H3,(H,16,17);1H. The van der Waals surface area contributed by atoms with Gasteiger partial charge in [0.1, 0.15) is 0 Å². The smallest absolute Gasteiger partial charge is 0.0638 e. The zero-order valence-electron chi connectivity index (χ0n) is 12.7. The summed E-state index contributed by atoms with van der Waals surface area (Å²) in [5.41, 5.74) is 5.85. The minimum absolute atomic E-state index is 0. The van der Waals surface area contributed by atoms with Gasteiger partial charge in [0.2, 0.25) is 0 Å². The monoisotopic (exact) mass is 297 g/mol. The Hall–Kier alpha value is -1.33. The van der Waals surface area contributed by atoms with Crippen LogP contribution in [0.25, 0.3) is 0 Å². The first-order valence-electron chi connectivity index (χ1n) is 6.80. The predicted octanol–water partition coefficient (Wildman–Crippen LogP) is 2.44. The van der Waals surface area contributed by atoms with E-state index in [2.05, 4.69) is 45.2 Å². The highest BCUT2D eigenvalue weighted by atomic mass is 35.5. The van der Waals surface area contributed by atoms with Crippen LogP contribution in [0, 0.1) is 27.7 Å². The summed E-state index contributed by atoms with van der Waals surface area (Å²) >= 11 is 0. The van der Waals surface area contributed by atoms with Gasteiger partial charge in [-0.2, -0.15) is 10.2 Å². The molecule has 20 heavy (non-hydrogen) atoms. The highest BCUT2D eigenvalue weighted by molar-refractivity contribution is 5.85. The molecule has 5 nitrogen and oxygen atoms in total. The maximum atomic E-state index is 4.46. The fourth-order valence-electron chi connectivity index (χ4n) is 2.30. The number of aromatic amines is 1. The molecule has 2 N–H and O–H groups in total. The van der Waals surface area contributed by atoms with E-state index in [0.29, 0.717) is 0 Å². The topological polar surface area (TPSA) is 58.5 Å². The largest absolute Gasteiger partial charge is 0.312 e. The van der Waals surface area contributed by atoms with Gasteiger partial charge in [0.05, 0.1) is 11.4 Å². The van der Waals surface area contributed by atoms with Crippen molar-refractivity contribution in [2.45, 2.75) is 47.2 Å². The second-order valence-corrected chi connectivity index (χ2v) is 5.09. The summed E-state index contributed by atoms with van der Waals surface area (Å²) in [6, 6.07) is 2.12. The van der Waals surface area contributed by atoms with E-state index < -0.39 is 0 Å². The molecule has 2 aromatic rings. The summed E-state index contributed by atoms with van der Waals surface area (Å²) < 4.78 is 2.07. The van der Waals surface area contributed by atoms with Crippen molar-refractivity contribution in [2.24, 2.45) is 0 Å². The maximum absolute atomic E-state index is 4.46. The molecule has 6 heteroatoms. The Kier molecular flexibility index (Phi) is 6.23. The minimum atomic E-state index is 0. The molecule has 2 heterocycles. The van der Waals surface area contributed by atoms with Gasteiger partial charge in [-0.3, -0.25) is 9.78 Å². The third-order valence-corrected chi connectivity index (χ3v) is 3.41. The average Bonchev–Trinajstić information content (AvgIpc) is 2.84. The number of halogens is 1. The molecule has 0 aromatic carbocycles. The third-order valence-electron chi connectivity index (χ3n) is 3.41. The first kappa shape index (κ1) is 16.7. The fourth-order valence-corrected chi connectivity index (χ4v) is 2.30. The number of hydrogen-bond donors (Lipinski definition) is 2. The summed E-state index contributed by atoms with van der Waals surface area (Å²) in [7, 11) is 0. The number of hydrogen-bond acceptors (Lipinski definition) is 3. The van der Waals surface area contributed by atoms with Gasteiger partial charge in [0.25, 0.3) is 0 Å². The molecular formula is C14H24ClN5. The predicted molar refractivity (Wildman–Crippen MR) is 83.3 cm³/mol. The van der Waals surface area contributed by atoms with Crippen LogP contribution in [-0.4, -0.2) is 26.5 Å². The van der Waals surface area contributed by atoms with Crippen LogP contribution in [0.15, 0.2) is 6.07 Å². The Morgan fingerprint density at radius 2 is 2.00 bits per heavy atom. The minimum Gasteiger partial charge on any atom is -0.312 e. The van der Waals surface area contributed by atoms with E-state index in [0.717, 1.165) is 43.1 Å². The van der Waals surface area contributed by atoms with Crippen LogP contribution < -0.4 is 5.32 Å². The van der Waals surface area contributed by atoms with Crippen LogP contribution in [0.5, 0.6) is 0 Å². The van der Waals surface area contributed by atoms with Crippen molar-refractivity contribution < 1.29 is 0 Å². The Morgan fingerprint density at radius 1 is 1.25 bits per heavy atom. The molecule has 2 aromatic heterocycles. The first-order chi connectivity index (χ1) is 9.08. The van der Waals surface area contributed by atoms with Gasteiger partial charge in [-0.15, -0.1) is 12.4 Å². The normalized spacial score (nSPS) is 10.6. The number of rotatable bonds is 6. The van der Waals surface area contributed by atoms with Gasteiger partial charge in [0, 0.05) is 30.0 Å². The second-order valence-electron chi connectivity index (χ2n) is 5.09. The lowest BCUT2D eigenvalue weighted by Gasteiger charge is -2.06. The number of nitrogens with one attached hydrogen (secondary N) is 2. The molecule has 0 fully saturated rings. The summed E-state index contributed by atoms with van der Waals surface area (Å²) in [5.74, 6) is 0. The van der Waals surface area contributed by atoms with Crippen molar-refractivity contribution in [3.8, 4) is 0 Å². The van der Waals surface area contributed by atoms with Crippen LogP contribution in [0.1, 0.15) is 34.8 Å². The van der Waals surface area contributed by atoms with Gasteiger partial charge in [0.15, 0.2) is 0 Å². The summed E-state index contributed by atoms with van der Waals surface area (Å²) in [6.07, 6.45) is 1.08. The molecule has 0 radical (unpaired) electrons. The number of aromatic nitrogens is 4. The van der Waals surface area contributed by atoms with Crippen molar-refractivity contribution in [2.75, 3.05) is 6.54 Å². The highest BCUT2D eigenvalue weighted by Gasteiger charge is 2.05. The summed E-state index contributed by atoms with van der Waals surface area (Å²) in [4.78, 5) is 0. The van der Waals surface area contributed by atoms with E-state index in [1.807, 2.05) is 13.8 Å². The lowest BCUT2D eigenvalue weighted by molar-refractivity contribution is 0.531. The molecule has 2 rings (SSSR count). The zero-order chi connectivity index (χ0) is 13.8. The fraction of sp³-hybridized carbons (Fsp3) is 0.571. The lowest BCUT2D eigenvalue weighted by Crippen LogP contribution is -2.18. The van der Waals surface area contributed by atoms with E-state index in [1.165, 1.54) is 11.3 Å². The molecule has 0 bridgehead atoms. The molecule has 0 spiro atoms. The van der Waals surface area contributed by atoms with Gasteiger partial charge in [-0.05, 0) is 46.7 Å². The van der Waals surface area contributed by atoms with Gasteiger partial charge in [-0.25, -0.2) is 0 Å². The molecule has 0 amide bonds. The first-order valence-corrected chi connectivity index (χ1v) is 6.80. The molecule has 112 valence electrons. The Morgan fingerprint density at radius 3 is 2.55 bits per heavy atom. The lowest BCUT2D eigenvalue weighted by atomic mass is 10.2. The summed E-state index contributed by atoms with van der Waals surface area (Å²) in [6.45, 7) is 11.1.